The largest absolute Gasteiger partial charge is 0.195 e. The summed E-state index contributed by atoms with van der Waals surface area (Å²) in [5, 5.41) is 0.899. The third kappa shape index (κ3) is 1.85. The maximum Gasteiger partial charge on any atom is 0.177 e. The van der Waals surface area contributed by atoms with Gasteiger partial charge >= 0.3 is 0 Å². The molecule has 2 aromatic rings. The van der Waals surface area contributed by atoms with Gasteiger partial charge in [-0.15, -0.1) is 23.1 Å². The molecule has 0 aliphatic carbocycles. The molecule has 68 valence electrons. The Morgan fingerprint density at radius 3 is 2.85 bits per heavy atom. The molecule has 13 heavy (non-hydrogen) atoms. The van der Waals surface area contributed by atoms with E-state index >= 15 is 0 Å². The minimum atomic E-state index is -0.107. The van der Waals surface area contributed by atoms with Crippen molar-refractivity contribution in [3.05, 3.63) is 26.9 Å². The van der Waals surface area contributed by atoms with E-state index in [9.17, 15) is 4.39 Å². The van der Waals surface area contributed by atoms with Crippen LogP contribution in [0.15, 0.2) is 23.1 Å². The van der Waals surface area contributed by atoms with E-state index in [-0.39, 0.29) is 5.13 Å². The number of halogens is 2. The molecule has 0 saturated heterocycles. The Bertz CT molecular complexity index is 450. The molecular formula is C9H6FIS2. The third-order valence-corrected chi connectivity index (χ3v) is 4.68. The second kappa shape index (κ2) is 3.74. The summed E-state index contributed by atoms with van der Waals surface area (Å²) in [6.07, 6.45) is 2.03. The maximum atomic E-state index is 12.9. The molecule has 0 nitrogen and oxygen atoms in total. The summed E-state index contributed by atoms with van der Waals surface area (Å²) < 4.78 is 15.1. The topological polar surface area (TPSA) is 0 Å². The van der Waals surface area contributed by atoms with E-state index in [4.69, 9.17) is 0 Å². The SMILES string of the molecule is CSc1cc2cc(F)sc2cc1I. The normalized spacial score (nSPS) is 11.0. The molecule has 0 aliphatic rings. The summed E-state index contributed by atoms with van der Waals surface area (Å²) in [5.74, 6) is 0. The van der Waals surface area contributed by atoms with Gasteiger partial charge < -0.3 is 0 Å². The van der Waals surface area contributed by atoms with E-state index in [1.54, 1.807) is 17.8 Å². The Labute approximate surface area is 97.7 Å². The summed E-state index contributed by atoms with van der Waals surface area (Å²) in [7, 11) is 0. The van der Waals surface area contributed by atoms with Gasteiger partial charge in [0.15, 0.2) is 5.13 Å². The predicted octanol–water partition coefficient (Wildman–Crippen LogP) is 4.37. The number of fused-ring (bicyclic) bond motifs is 1. The highest BCUT2D eigenvalue weighted by molar-refractivity contribution is 14.1. The molecule has 0 bridgehead atoms. The second-order valence-corrected chi connectivity index (χ2v) is 5.62. The average Bonchev–Trinajstić information content (AvgIpc) is 2.42. The first kappa shape index (κ1) is 9.73. The minimum absolute atomic E-state index is 0.107. The molecule has 0 amide bonds. The maximum absolute atomic E-state index is 12.9. The van der Waals surface area contributed by atoms with Crippen molar-refractivity contribution in [3.63, 3.8) is 0 Å². The van der Waals surface area contributed by atoms with Crippen LogP contribution in [-0.4, -0.2) is 6.26 Å². The Morgan fingerprint density at radius 2 is 2.15 bits per heavy atom. The number of benzene rings is 1. The molecule has 0 N–H and O–H groups in total. The Morgan fingerprint density at radius 1 is 1.38 bits per heavy atom. The zero-order valence-corrected chi connectivity index (χ0v) is 10.6. The van der Waals surface area contributed by atoms with Crippen molar-refractivity contribution in [1.82, 2.24) is 0 Å². The van der Waals surface area contributed by atoms with Gasteiger partial charge in [-0.25, -0.2) is 0 Å². The smallest absolute Gasteiger partial charge is 0.177 e. The zero-order valence-electron chi connectivity index (χ0n) is 6.80. The highest BCUT2D eigenvalue weighted by Crippen LogP contribution is 2.31. The van der Waals surface area contributed by atoms with Gasteiger partial charge in [-0.1, -0.05) is 0 Å². The van der Waals surface area contributed by atoms with Crippen LogP contribution in [0.3, 0.4) is 0 Å². The number of rotatable bonds is 1. The fourth-order valence-electron chi connectivity index (χ4n) is 1.17. The number of hydrogen-bond acceptors (Lipinski definition) is 2. The first-order chi connectivity index (χ1) is 6.20. The van der Waals surface area contributed by atoms with Gasteiger partial charge in [-0.2, -0.15) is 4.39 Å². The Hall–Kier alpha value is 0.190. The second-order valence-electron chi connectivity index (χ2n) is 2.58. The van der Waals surface area contributed by atoms with E-state index in [1.807, 2.05) is 18.4 Å². The average molecular weight is 324 g/mol. The van der Waals surface area contributed by atoms with Crippen LogP contribution in [0, 0.1) is 8.70 Å². The summed E-state index contributed by atoms with van der Waals surface area (Å²) in [4.78, 5) is 1.21. The van der Waals surface area contributed by atoms with Crippen LogP contribution in [0.4, 0.5) is 4.39 Å². The van der Waals surface area contributed by atoms with Gasteiger partial charge in [0, 0.05) is 13.2 Å². The van der Waals surface area contributed by atoms with Crippen LogP contribution in [-0.2, 0) is 0 Å². The quantitative estimate of drug-likeness (QED) is 0.555. The van der Waals surface area contributed by atoms with Gasteiger partial charge in [0.05, 0.1) is 0 Å². The van der Waals surface area contributed by atoms with Crippen molar-refractivity contribution in [1.29, 1.82) is 0 Å². The van der Waals surface area contributed by atoms with Crippen LogP contribution < -0.4 is 0 Å². The lowest BCUT2D eigenvalue weighted by atomic mass is 10.3. The lowest BCUT2D eigenvalue weighted by Gasteiger charge is -1.99. The lowest BCUT2D eigenvalue weighted by molar-refractivity contribution is 0.658. The number of thiophene rings is 1. The van der Waals surface area contributed by atoms with E-state index in [2.05, 4.69) is 22.6 Å². The van der Waals surface area contributed by atoms with Gasteiger partial charge in [-0.3, -0.25) is 0 Å². The standard InChI is InChI=1S/C9H6FIS2/c1-12-8-2-5-3-9(10)13-7(5)4-6(8)11/h2-4H,1H3. The van der Waals surface area contributed by atoms with Gasteiger partial charge in [-0.05, 0) is 52.4 Å². The molecule has 0 saturated carbocycles. The molecule has 0 atom stereocenters. The van der Waals surface area contributed by atoms with Crippen molar-refractivity contribution < 1.29 is 4.39 Å². The van der Waals surface area contributed by atoms with Gasteiger partial charge in [0.2, 0.25) is 0 Å². The van der Waals surface area contributed by atoms with Crippen molar-refractivity contribution in [2.24, 2.45) is 0 Å². The summed E-state index contributed by atoms with van der Waals surface area (Å²) >= 11 is 5.18. The van der Waals surface area contributed by atoms with Gasteiger partial charge in [0.25, 0.3) is 0 Å². The molecular weight excluding hydrogens is 318 g/mol. The van der Waals surface area contributed by atoms with E-state index < -0.39 is 0 Å². The Kier molecular flexibility index (Phi) is 2.80. The predicted molar refractivity (Wildman–Crippen MR) is 66.3 cm³/mol. The highest BCUT2D eigenvalue weighted by Gasteiger charge is 2.05. The molecule has 0 unspecified atom stereocenters. The minimum Gasteiger partial charge on any atom is -0.195 e. The highest BCUT2D eigenvalue weighted by atomic mass is 127. The van der Waals surface area contributed by atoms with Crippen LogP contribution >= 0.6 is 45.7 Å². The Balaban J connectivity index is 2.72. The van der Waals surface area contributed by atoms with Gasteiger partial charge in [0.1, 0.15) is 0 Å². The molecule has 0 radical (unpaired) electrons. The van der Waals surface area contributed by atoms with E-state index in [0.29, 0.717) is 0 Å². The fraction of sp³-hybridized carbons (Fsp3) is 0.111. The van der Waals surface area contributed by atoms with Crippen molar-refractivity contribution in [2.45, 2.75) is 4.90 Å². The molecule has 1 heterocycles. The van der Waals surface area contributed by atoms with Crippen LogP contribution in [0.25, 0.3) is 10.1 Å². The first-order valence-corrected chi connectivity index (χ1v) is 6.75. The molecule has 4 heteroatoms. The monoisotopic (exact) mass is 324 g/mol. The molecule has 1 aromatic carbocycles. The molecule has 0 aliphatic heterocycles. The summed E-state index contributed by atoms with van der Waals surface area (Å²) in [6.45, 7) is 0. The summed E-state index contributed by atoms with van der Waals surface area (Å²) in [5.41, 5.74) is 0. The van der Waals surface area contributed by atoms with Crippen LogP contribution in [0.1, 0.15) is 0 Å². The van der Waals surface area contributed by atoms with Crippen LogP contribution in [0.5, 0.6) is 0 Å². The van der Waals surface area contributed by atoms with Crippen molar-refractivity contribution >= 4 is 55.8 Å². The third-order valence-electron chi connectivity index (χ3n) is 1.76. The lowest BCUT2D eigenvalue weighted by Crippen LogP contribution is -1.76. The molecule has 0 spiro atoms. The summed E-state index contributed by atoms with van der Waals surface area (Å²) in [6, 6.07) is 5.67. The van der Waals surface area contributed by atoms with E-state index in [1.165, 1.54) is 19.8 Å². The van der Waals surface area contributed by atoms with Crippen molar-refractivity contribution in [2.75, 3.05) is 6.26 Å². The van der Waals surface area contributed by atoms with Crippen LogP contribution in [0.2, 0.25) is 0 Å². The molecule has 0 fully saturated rings. The fourth-order valence-corrected chi connectivity index (χ4v) is 3.81. The first-order valence-electron chi connectivity index (χ1n) is 3.63. The van der Waals surface area contributed by atoms with E-state index in [0.717, 1.165) is 10.1 Å². The molecule has 2 rings (SSSR count). The number of thioether (sulfide) groups is 1. The van der Waals surface area contributed by atoms with Crippen molar-refractivity contribution in [3.8, 4) is 0 Å². The number of hydrogen-bond donors (Lipinski definition) is 0. The zero-order chi connectivity index (χ0) is 9.42. The molecule has 1 aromatic heterocycles.